The molecule has 0 radical (unpaired) electrons. The molecular weight excluding hydrogens is 216 g/mol. The van der Waals surface area contributed by atoms with Crippen LogP contribution >= 0.6 is 0 Å². The number of likely N-dealkylation sites (N-methyl/N-ethyl adjacent to an activating group) is 1. The van der Waals surface area contributed by atoms with Crippen LogP contribution in [0.2, 0.25) is 0 Å². The summed E-state index contributed by atoms with van der Waals surface area (Å²) in [6.07, 6.45) is 2.99. The van der Waals surface area contributed by atoms with Gasteiger partial charge in [0.1, 0.15) is 6.10 Å². The summed E-state index contributed by atoms with van der Waals surface area (Å²) < 4.78 is 5.56. The molecule has 17 heavy (non-hydrogen) atoms. The number of hydrogen-bond acceptors (Lipinski definition) is 4. The van der Waals surface area contributed by atoms with Crippen molar-refractivity contribution in [3.05, 3.63) is 29.6 Å². The molecule has 0 saturated carbocycles. The van der Waals surface area contributed by atoms with Crippen molar-refractivity contribution in [2.24, 2.45) is 0 Å². The van der Waals surface area contributed by atoms with Gasteiger partial charge in [-0.1, -0.05) is 6.92 Å². The molecule has 1 saturated heterocycles. The van der Waals surface area contributed by atoms with Crippen LogP contribution in [0.5, 0.6) is 0 Å². The minimum absolute atomic E-state index is 0.0498. The number of ketones is 1. The SMILES string of the molecule is CCN1CCOC(C(=O)c2cnccc2C)C1. The van der Waals surface area contributed by atoms with Crippen molar-refractivity contribution < 1.29 is 9.53 Å². The Kier molecular flexibility index (Phi) is 3.86. The molecule has 1 fully saturated rings. The fourth-order valence-corrected chi connectivity index (χ4v) is 2.04. The van der Waals surface area contributed by atoms with Crippen LogP contribution < -0.4 is 0 Å². The van der Waals surface area contributed by atoms with Crippen LogP contribution in [0, 0.1) is 6.92 Å². The molecule has 0 aromatic carbocycles. The number of carbonyl (C=O) groups is 1. The number of nitrogens with zero attached hydrogens (tertiary/aromatic N) is 2. The van der Waals surface area contributed by atoms with Crippen molar-refractivity contribution in [3.63, 3.8) is 0 Å². The number of hydrogen-bond donors (Lipinski definition) is 0. The molecule has 1 aromatic rings. The molecule has 2 heterocycles. The highest BCUT2D eigenvalue weighted by molar-refractivity contribution is 6.00. The van der Waals surface area contributed by atoms with Gasteiger partial charge >= 0.3 is 0 Å². The van der Waals surface area contributed by atoms with Crippen molar-refractivity contribution in [2.45, 2.75) is 20.0 Å². The van der Waals surface area contributed by atoms with Gasteiger partial charge in [0.05, 0.1) is 6.61 Å². The maximum atomic E-state index is 12.3. The van der Waals surface area contributed by atoms with E-state index in [0.29, 0.717) is 18.7 Å². The summed E-state index contributed by atoms with van der Waals surface area (Å²) in [4.78, 5) is 18.5. The molecule has 1 unspecified atom stereocenters. The van der Waals surface area contributed by atoms with Gasteiger partial charge in [-0.25, -0.2) is 0 Å². The zero-order valence-corrected chi connectivity index (χ0v) is 10.3. The van der Waals surface area contributed by atoms with Gasteiger partial charge in [-0.2, -0.15) is 0 Å². The standard InChI is InChI=1S/C13H18N2O2/c1-3-15-6-7-17-12(9-15)13(16)11-8-14-5-4-10(11)2/h4-5,8,12H,3,6-7,9H2,1-2H3. The van der Waals surface area contributed by atoms with Crippen LogP contribution in [-0.4, -0.2) is 48.0 Å². The van der Waals surface area contributed by atoms with E-state index >= 15 is 0 Å². The van der Waals surface area contributed by atoms with E-state index in [0.717, 1.165) is 18.7 Å². The summed E-state index contributed by atoms with van der Waals surface area (Å²) in [6.45, 7) is 7.20. The molecule has 0 amide bonds. The Morgan fingerprint density at radius 3 is 3.18 bits per heavy atom. The molecule has 0 N–H and O–H groups in total. The lowest BCUT2D eigenvalue weighted by Crippen LogP contribution is -2.46. The monoisotopic (exact) mass is 234 g/mol. The Bertz CT molecular complexity index is 406. The van der Waals surface area contributed by atoms with E-state index in [4.69, 9.17) is 4.74 Å². The molecule has 0 bridgehead atoms. The summed E-state index contributed by atoms with van der Waals surface area (Å²) in [6, 6.07) is 1.85. The fourth-order valence-electron chi connectivity index (χ4n) is 2.04. The third-order valence-corrected chi connectivity index (χ3v) is 3.19. The predicted octanol–water partition coefficient (Wildman–Crippen LogP) is 1.29. The van der Waals surface area contributed by atoms with E-state index in [9.17, 15) is 4.79 Å². The van der Waals surface area contributed by atoms with Crippen LogP contribution in [0.4, 0.5) is 0 Å². The highest BCUT2D eigenvalue weighted by Gasteiger charge is 2.27. The van der Waals surface area contributed by atoms with Crippen molar-refractivity contribution in [2.75, 3.05) is 26.2 Å². The smallest absolute Gasteiger partial charge is 0.194 e. The number of aromatic nitrogens is 1. The highest BCUT2D eigenvalue weighted by atomic mass is 16.5. The molecular formula is C13H18N2O2. The number of ether oxygens (including phenoxy) is 1. The van der Waals surface area contributed by atoms with Crippen molar-refractivity contribution in [1.82, 2.24) is 9.88 Å². The van der Waals surface area contributed by atoms with Crippen LogP contribution in [0.15, 0.2) is 18.5 Å². The average Bonchev–Trinajstić information content (AvgIpc) is 2.38. The third kappa shape index (κ3) is 2.70. The van der Waals surface area contributed by atoms with E-state index < -0.39 is 0 Å². The molecule has 4 nitrogen and oxygen atoms in total. The average molecular weight is 234 g/mol. The minimum Gasteiger partial charge on any atom is -0.367 e. The van der Waals surface area contributed by atoms with Gasteiger partial charge < -0.3 is 4.74 Å². The predicted molar refractivity (Wildman–Crippen MR) is 65.2 cm³/mol. The quantitative estimate of drug-likeness (QED) is 0.739. The number of rotatable bonds is 3. The number of aryl methyl sites for hydroxylation is 1. The van der Waals surface area contributed by atoms with Gasteiger partial charge in [0.2, 0.25) is 0 Å². The van der Waals surface area contributed by atoms with Crippen LogP contribution in [0.3, 0.4) is 0 Å². The first-order chi connectivity index (χ1) is 8.22. The van der Waals surface area contributed by atoms with Crippen LogP contribution in [0.25, 0.3) is 0 Å². The Hall–Kier alpha value is -1.26. The maximum Gasteiger partial charge on any atom is 0.194 e. The molecule has 0 aliphatic carbocycles. The lowest BCUT2D eigenvalue weighted by molar-refractivity contribution is -0.0149. The first kappa shape index (κ1) is 12.2. The summed E-state index contributed by atoms with van der Waals surface area (Å²) in [7, 11) is 0. The van der Waals surface area contributed by atoms with Crippen molar-refractivity contribution >= 4 is 5.78 Å². The molecule has 1 aliphatic heterocycles. The van der Waals surface area contributed by atoms with Gasteiger partial charge in [-0.05, 0) is 25.1 Å². The van der Waals surface area contributed by atoms with E-state index in [1.165, 1.54) is 0 Å². The number of Topliss-reactive ketones (excluding diaryl/α,β-unsaturated/α-hetero) is 1. The summed E-state index contributed by atoms with van der Waals surface area (Å²) in [5.74, 6) is 0.0498. The normalized spacial score (nSPS) is 21.4. The maximum absolute atomic E-state index is 12.3. The second-order valence-corrected chi connectivity index (χ2v) is 4.31. The Labute approximate surface area is 102 Å². The summed E-state index contributed by atoms with van der Waals surface area (Å²) >= 11 is 0. The largest absolute Gasteiger partial charge is 0.367 e. The Morgan fingerprint density at radius 2 is 2.47 bits per heavy atom. The molecule has 2 rings (SSSR count). The van der Waals surface area contributed by atoms with E-state index in [2.05, 4.69) is 16.8 Å². The summed E-state index contributed by atoms with van der Waals surface area (Å²) in [5.41, 5.74) is 1.64. The lowest BCUT2D eigenvalue weighted by Gasteiger charge is -2.31. The number of pyridine rings is 1. The zero-order valence-electron chi connectivity index (χ0n) is 10.3. The molecule has 92 valence electrons. The van der Waals surface area contributed by atoms with Gasteiger partial charge in [0, 0.05) is 31.0 Å². The van der Waals surface area contributed by atoms with E-state index in [1.807, 2.05) is 13.0 Å². The Balaban J connectivity index is 2.12. The lowest BCUT2D eigenvalue weighted by atomic mass is 10.0. The first-order valence-electron chi connectivity index (χ1n) is 6.01. The Morgan fingerprint density at radius 1 is 1.65 bits per heavy atom. The second-order valence-electron chi connectivity index (χ2n) is 4.31. The van der Waals surface area contributed by atoms with Gasteiger partial charge in [-0.3, -0.25) is 14.7 Å². The van der Waals surface area contributed by atoms with Crippen molar-refractivity contribution in [3.8, 4) is 0 Å². The number of morpholine rings is 1. The van der Waals surface area contributed by atoms with E-state index in [1.54, 1.807) is 12.4 Å². The van der Waals surface area contributed by atoms with Crippen LogP contribution in [0.1, 0.15) is 22.8 Å². The van der Waals surface area contributed by atoms with Gasteiger partial charge in [0.15, 0.2) is 5.78 Å². The summed E-state index contributed by atoms with van der Waals surface area (Å²) in [5, 5.41) is 0. The fraction of sp³-hybridized carbons (Fsp3) is 0.538. The van der Waals surface area contributed by atoms with Gasteiger partial charge in [0.25, 0.3) is 0 Å². The number of carbonyl (C=O) groups excluding carboxylic acids is 1. The van der Waals surface area contributed by atoms with Gasteiger partial charge in [-0.15, -0.1) is 0 Å². The third-order valence-electron chi connectivity index (χ3n) is 3.19. The van der Waals surface area contributed by atoms with E-state index in [-0.39, 0.29) is 11.9 Å². The minimum atomic E-state index is -0.341. The van der Waals surface area contributed by atoms with Crippen molar-refractivity contribution in [1.29, 1.82) is 0 Å². The second kappa shape index (κ2) is 5.38. The van der Waals surface area contributed by atoms with Crippen LogP contribution in [-0.2, 0) is 4.74 Å². The first-order valence-corrected chi connectivity index (χ1v) is 6.01. The molecule has 0 spiro atoms. The molecule has 1 atom stereocenters. The molecule has 4 heteroatoms. The zero-order chi connectivity index (χ0) is 12.3. The highest BCUT2D eigenvalue weighted by Crippen LogP contribution is 2.14. The molecule has 1 aromatic heterocycles. The topological polar surface area (TPSA) is 42.4 Å². The molecule has 1 aliphatic rings.